The van der Waals surface area contributed by atoms with Crippen molar-refractivity contribution < 1.29 is 19.1 Å². The molecule has 0 bridgehead atoms. The van der Waals surface area contributed by atoms with Crippen LogP contribution in [0.1, 0.15) is 34.2 Å². The molecule has 2 aromatic heterocycles. The average Bonchev–Trinajstić information content (AvgIpc) is 3.52. The standard InChI is InChI=1S/C27H27ClN4O4S2/c1-5-32-21(13-36-19-11-16(2)24(28)17(3)12-19)30-31-27(32)38-15-22(33)29-25-23(26(34)35-4)20(14-37-25)18-9-7-6-8-10-18/h6-12,14H,5,13,15H2,1-4H3,(H,29,33). The van der Waals surface area contributed by atoms with Gasteiger partial charge in [-0.05, 0) is 49.6 Å². The summed E-state index contributed by atoms with van der Waals surface area (Å²) in [4.78, 5) is 25.4. The molecule has 2 aromatic carbocycles. The van der Waals surface area contributed by atoms with Gasteiger partial charge < -0.3 is 19.4 Å². The van der Waals surface area contributed by atoms with Gasteiger partial charge in [0.1, 0.15) is 22.9 Å². The largest absolute Gasteiger partial charge is 0.486 e. The van der Waals surface area contributed by atoms with Crippen molar-refractivity contribution >= 4 is 51.6 Å². The second kappa shape index (κ2) is 12.5. The Balaban J connectivity index is 1.42. The summed E-state index contributed by atoms with van der Waals surface area (Å²) in [6.07, 6.45) is 0. The van der Waals surface area contributed by atoms with E-state index < -0.39 is 5.97 Å². The molecule has 0 aliphatic heterocycles. The number of benzene rings is 2. The van der Waals surface area contributed by atoms with E-state index in [0.717, 1.165) is 21.7 Å². The molecule has 1 N–H and O–H groups in total. The number of thiophene rings is 1. The molecular weight excluding hydrogens is 544 g/mol. The smallest absolute Gasteiger partial charge is 0.341 e. The number of nitrogens with one attached hydrogen (secondary N) is 1. The van der Waals surface area contributed by atoms with Crippen molar-refractivity contribution in [2.45, 2.75) is 39.1 Å². The van der Waals surface area contributed by atoms with E-state index in [9.17, 15) is 9.59 Å². The highest BCUT2D eigenvalue weighted by atomic mass is 35.5. The molecule has 11 heteroatoms. The highest BCUT2D eigenvalue weighted by Gasteiger charge is 2.23. The molecule has 0 aliphatic rings. The average molecular weight is 571 g/mol. The van der Waals surface area contributed by atoms with Gasteiger partial charge in [0.2, 0.25) is 5.91 Å². The maximum absolute atomic E-state index is 12.8. The Morgan fingerprint density at radius 2 is 1.84 bits per heavy atom. The lowest BCUT2D eigenvalue weighted by Crippen LogP contribution is -2.16. The molecule has 0 unspecified atom stereocenters. The first-order valence-electron chi connectivity index (χ1n) is 11.8. The number of methoxy groups -OCH3 is 1. The highest BCUT2D eigenvalue weighted by Crippen LogP contribution is 2.36. The zero-order valence-electron chi connectivity index (χ0n) is 21.4. The summed E-state index contributed by atoms with van der Waals surface area (Å²) in [6, 6.07) is 13.3. The fourth-order valence-electron chi connectivity index (χ4n) is 3.87. The van der Waals surface area contributed by atoms with E-state index in [1.165, 1.54) is 30.2 Å². The minimum atomic E-state index is -0.505. The van der Waals surface area contributed by atoms with Crippen LogP contribution in [-0.4, -0.2) is 39.5 Å². The highest BCUT2D eigenvalue weighted by molar-refractivity contribution is 7.99. The van der Waals surface area contributed by atoms with Gasteiger partial charge in [-0.25, -0.2) is 4.79 Å². The van der Waals surface area contributed by atoms with Gasteiger partial charge in [-0.15, -0.1) is 21.5 Å². The van der Waals surface area contributed by atoms with Gasteiger partial charge in [0.15, 0.2) is 11.0 Å². The second-order valence-corrected chi connectivity index (χ2v) is 10.6. The predicted octanol–water partition coefficient (Wildman–Crippen LogP) is 6.39. The summed E-state index contributed by atoms with van der Waals surface area (Å²) >= 11 is 8.80. The molecule has 4 rings (SSSR count). The number of hydrogen-bond donors (Lipinski definition) is 1. The monoisotopic (exact) mass is 570 g/mol. The number of nitrogens with zero attached hydrogens (tertiary/aromatic N) is 3. The van der Waals surface area contributed by atoms with Crippen LogP contribution in [0.25, 0.3) is 11.1 Å². The number of carbonyl (C=O) groups excluding carboxylic acids is 2. The number of amides is 1. The SMILES string of the molecule is CCn1c(COc2cc(C)c(Cl)c(C)c2)nnc1SCC(=O)Nc1scc(-c2ccccc2)c1C(=O)OC. The van der Waals surface area contributed by atoms with Gasteiger partial charge in [-0.3, -0.25) is 4.79 Å². The van der Waals surface area contributed by atoms with Crippen molar-refractivity contribution in [3.05, 3.63) is 75.4 Å². The molecule has 0 saturated heterocycles. The molecule has 0 radical (unpaired) electrons. The Kier molecular flexibility index (Phi) is 9.09. The van der Waals surface area contributed by atoms with Crippen LogP contribution in [0.3, 0.4) is 0 Å². The minimum absolute atomic E-state index is 0.0910. The Bertz CT molecular complexity index is 1430. The predicted molar refractivity (Wildman–Crippen MR) is 151 cm³/mol. The van der Waals surface area contributed by atoms with Crippen molar-refractivity contribution in [2.75, 3.05) is 18.2 Å². The molecule has 0 spiro atoms. The summed E-state index contributed by atoms with van der Waals surface area (Å²) in [5, 5.41) is 15.0. The number of aromatic nitrogens is 3. The normalized spacial score (nSPS) is 10.9. The van der Waals surface area contributed by atoms with E-state index in [1.807, 2.05) is 73.2 Å². The summed E-state index contributed by atoms with van der Waals surface area (Å²) in [6.45, 7) is 6.69. The lowest BCUT2D eigenvalue weighted by Gasteiger charge is -2.11. The lowest BCUT2D eigenvalue weighted by molar-refractivity contribution is -0.113. The van der Waals surface area contributed by atoms with Gasteiger partial charge >= 0.3 is 5.97 Å². The molecule has 2 heterocycles. The maximum Gasteiger partial charge on any atom is 0.341 e. The van der Waals surface area contributed by atoms with E-state index in [1.54, 1.807) is 0 Å². The van der Waals surface area contributed by atoms with Gasteiger partial charge in [0.05, 0.1) is 12.9 Å². The summed E-state index contributed by atoms with van der Waals surface area (Å²) in [5.74, 6) is 0.676. The first kappa shape index (κ1) is 27.7. The van der Waals surface area contributed by atoms with Crippen LogP contribution in [0, 0.1) is 13.8 Å². The molecule has 4 aromatic rings. The van der Waals surface area contributed by atoms with E-state index in [-0.39, 0.29) is 18.3 Å². The number of thioether (sulfide) groups is 1. The quantitative estimate of drug-likeness (QED) is 0.174. The molecule has 0 fully saturated rings. The third kappa shape index (κ3) is 6.20. The Morgan fingerprint density at radius 3 is 2.50 bits per heavy atom. The molecule has 0 saturated carbocycles. The number of rotatable bonds is 10. The van der Waals surface area contributed by atoms with E-state index in [2.05, 4.69) is 15.5 Å². The van der Waals surface area contributed by atoms with E-state index >= 15 is 0 Å². The van der Waals surface area contributed by atoms with Crippen molar-refractivity contribution in [1.82, 2.24) is 14.8 Å². The first-order valence-corrected chi connectivity index (χ1v) is 14.1. The van der Waals surface area contributed by atoms with Crippen LogP contribution in [-0.2, 0) is 22.7 Å². The minimum Gasteiger partial charge on any atom is -0.486 e. The Labute approximate surface area is 234 Å². The number of aryl methyl sites for hydroxylation is 2. The van der Waals surface area contributed by atoms with Crippen LogP contribution in [0.4, 0.5) is 5.00 Å². The topological polar surface area (TPSA) is 95.3 Å². The first-order chi connectivity index (χ1) is 18.3. The zero-order chi connectivity index (χ0) is 27.2. The molecule has 0 aliphatic carbocycles. The molecule has 1 amide bonds. The third-order valence-electron chi connectivity index (χ3n) is 5.74. The molecular formula is C27H27ClN4O4S2. The Hall–Kier alpha value is -3.34. The molecule has 0 atom stereocenters. The Morgan fingerprint density at radius 1 is 1.13 bits per heavy atom. The van der Waals surface area contributed by atoms with Crippen molar-refractivity contribution in [3.8, 4) is 16.9 Å². The lowest BCUT2D eigenvalue weighted by atomic mass is 10.0. The van der Waals surface area contributed by atoms with Crippen LogP contribution in [0.2, 0.25) is 5.02 Å². The van der Waals surface area contributed by atoms with Crippen LogP contribution < -0.4 is 10.1 Å². The van der Waals surface area contributed by atoms with Crippen molar-refractivity contribution in [3.63, 3.8) is 0 Å². The van der Waals surface area contributed by atoms with E-state index in [0.29, 0.717) is 39.4 Å². The number of esters is 1. The molecule has 198 valence electrons. The third-order valence-corrected chi connectivity index (χ3v) is 8.20. The van der Waals surface area contributed by atoms with Gasteiger partial charge in [-0.1, -0.05) is 53.7 Å². The van der Waals surface area contributed by atoms with Crippen LogP contribution >= 0.6 is 34.7 Å². The number of hydrogen-bond acceptors (Lipinski definition) is 8. The van der Waals surface area contributed by atoms with Gasteiger partial charge in [0.25, 0.3) is 0 Å². The fourth-order valence-corrected chi connectivity index (χ4v) is 5.77. The summed E-state index contributed by atoms with van der Waals surface area (Å²) in [7, 11) is 1.32. The second-order valence-electron chi connectivity index (χ2n) is 8.35. The fraction of sp³-hybridized carbons (Fsp3) is 0.259. The summed E-state index contributed by atoms with van der Waals surface area (Å²) < 4.78 is 12.8. The molecule has 8 nitrogen and oxygen atoms in total. The van der Waals surface area contributed by atoms with Crippen molar-refractivity contribution in [2.24, 2.45) is 0 Å². The number of carbonyl (C=O) groups is 2. The van der Waals surface area contributed by atoms with Gasteiger partial charge in [-0.2, -0.15) is 0 Å². The zero-order valence-corrected chi connectivity index (χ0v) is 23.8. The van der Waals surface area contributed by atoms with Crippen molar-refractivity contribution in [1.29, 1.82) is 0 Å². The van der Waals surface area contributed by atoms with E-state index in [4.69, 9.17) is 21.1 Å². The van der Waals surface area contributed by atoms with Crippen LogP contribution in [0.15, 0.2) is 53.0 Å². The molecule has 38 heavy (non-hydrogen) atoms. The summed E-state index contributed by atoms with van der Waals surface area (Å²) in [5.41, 5.74) is 3.81. The van der Waals surface area contributed by atoms with Crippen LogP contribution in [0.5, 0.6) is 5.75 Å². The number of halogens is 1. The number of ether oxygens (including phenoxy) is 2. The number of anilines is 1. The maximum atomic E-state index is 12.8. The van der Waals surface area contributed by atoms with Gasteiger partial charge in [0, 0.05) is 22.5 Å².